The zero-order valence-electron chi connectivity index (χ0n) is 9.71. The molecule has 1 heterocycles. The van der Waals surface area contributed by atoms with Crippen LogP contribution in [0.15, 0.2) is 34.7 Å². The van der Waals surface area contributed by atoms with Crippen LogP contribution in [0.4, 0.5) is 8.78 Å². The highest BCUT2D eigenvalue weighted by Crippen LogP contribution is 2.19. The van der Waals surface area contributed by atoms with Crippen molar-refractivity contribution in [3.8, 4) is 0 Å². The fraction of sp³-hybridized carbons (Fsp3) is 0.231. The number of hydrogen-bond donors (Lipinski definition) is 1. The van der Waals surface area contributed by atoms with E-state index in [0.29, 0.717) is 23.1 Å². The van der Waals surface area contributed by atoms with Crippen molar-refractivity contribution in [2.45, 2.75) is 19.5 Å². The van der Waals surface area contributed by atoms with Gasteiger partial charge in [0.15, 0.2) is 5.22 Å². The van der Waals surface area contributed by atoms with E-state index in [9.17, 15) is 8.78 Å². The van der Waals surface area contributed by atoms with Gasteiger partial charge in [-0.05, 0) is 36.7 Å². The first-order chi connectivity index (χ1) is 8.56. The molecule has 5 heteroatoms. The van der Waals surface area contributed by atoms with Gasteiger partial charge in [-0.1, -0.05) is 6.07 Å². The molecule has 0 bridgehead atoms. The van der Waals surface area contributed by atoms with E-state index in [1.807, 2.05) is 0 Å². The number of furan rings is 1. The lowest BCUT2D eigenvalue weighted by molar-refractivity contribution is 0.452. The van der Waals surface area contributed by atoms with Crippen LogP contribution in [0.5, 0.6) is 0 Å². The van der Waals surface area contributed by atoms with Crippen molar-refractivity contribution >= 4 is 11.6 Å². The van der Waals surface area contributed by atoms with Gasteiger partial charge in [-0.25, -0.2) is 8.78 Å². The third-order valence-electron chi connectivity index (χ3n) is 2.64. The van der Waals surface area contributed by atoms with Gasteiger partial charge < -0.3 is 9.73 Å². The van der Waals surface area contributed by atoms with Gasteiger partial charge in [-0.15, -0.1) is 0 Å². The zero-order chi connectivity index (χ0) is 13.1. The molecule has 2 nitrogen and oxygen atoms in total. The molecular weight excluding hydrogens is 260 g/mol. The summed E-state index contributed by atoms with van der Waals surface area (Å²) in [5, 5.41) is 3.39. The standard InChI is InChI=1S/C13H12ClF2NO/c1-8(11-4-2-9(15)6-12(11)16)17-7-10-3-5-13(14)18-10/h2-6,8,17H,7H2,1H3. The Hall–Kier alpha value is -1.39. The maximum atomic E-state index is 13.5. The topological polar surface area (TPSA) is 25.2 Å². The number of rotatable bonds is 4. The molecule has 96 valence electrons. The molecule has 1 aromatic heterocycles. The predicted octanol–water partition coefficient (Wildman–Crippen LogP) is 4.06. The Balaban J connectivity index is 2.01. The Morgan fingerprint density at radius 1 is 1.28 bits per heavy atom. The summed E-state index contributed by atoms with van der Waals surface area (Å²) >= 11 is 5.64. The first-order valence-electron chi connectivity index (χ1n) is 5.49. The van der Waals surface area contributed by atoms with Crippen molar-refractivity contribution in [2.24, 2.45) is 0 Å². The molecule has 0 saturated carbocycles. The lowest BCUT2D eigenvalue weighted by Gasteiger charge is -2.14. The van der Waals surface area contributed by atoms with Crippen LogP contribution in [0.1, 0.15) is 24.3 Å². The Kier molecular flexibility index (Phi) is 3.99. The molecule has 0 saturated heterocycles. The molecule has 1 N–H and O–H groups in total. The largest absolute Gasteiger partial charge is 0.448 e. The SMILES string of the molecule is CC(NCc1ccc(Cl)o1)c1ccc(F)cc1F. The van der Waals surface area contributed by atoms with Crippen molar-refractivity contribution < 1.29 is 13.2 Å². The first kappa shape index (κ1) is 13.1. The van der Waals surface area contributed by atoms with E-state index < -0.39 is 11.6 Å². The summed E-state index contributed by atoms with van der Waals surface area (Å²) in [5.74, 6) is -0.483. The summed E-state index contributed by atoms with van der Waals surface area (Å²) in [4.78, 5) is 0. The Labute approximate surface area is 109 Å². The Morgan fingerprint density at radius 3 is 2.67 bits per heavy atom. The van der Waals surface area contributed by atoms with Crippen LogP contribution >= 0.6 is 11.6 Å². The summed E-state index contributed by atoms with van der Waals surface area (Å²) in [6.45, 7) is 2.21. The van der Waals surface area contributed by atoms with Crippen LogP contribution in [0.2, 0.25) is 5.22 Å². The highest BCUT2D eigenvalue weighted by Gasteiger charge is 2.11. The fourth-order valence-corrected chi connectivity index (χ4v) is 1.83. The minimum Gasteiger partial charge on any atom is -0.448 e. The number of nitrogens with one attached hydrogen (secondary N) is 1. The van der Waals surface area contributed by atoms with Crippen molar-refractivity contribution in [1.29, 1.82) is 0 Å². The van der Waals surface area contributed by atoms with Crippen LogP contribution in [-0.2, 0) is 6.54 Å². The van der Waals surface area contributed by atoms with Crippen LogP contribution in [0.3, 0.4) is 0 Å². The van der Waals surface area contributed by atoms with E-state index in [0.717, 1.165) is 6.07 Å². The van der Waals surface area contributed by atoms with Gasteiger partial charge in [0.2, 0.25) is 0 Å². The zero-order valence-corrected chi connectivity index (χ0v) is 10.5. The monoisotopic (exact) mass is 271 g/mol. The van der Waals surface area contributed by atoms with Gasteiger partial charge >= 0.3 is 0 Å². The molecule has 0 radical (unpaired) electrons. The fourth-order valence-electron chi connectivity index (χ4n) is 1.66. The lowest BCUT2D eigenvalue weighted by Crippen LogP contribution is -2.18. The smallest absolute Gasteiger partial charge is 0.193 e. The van der Waals surface area contributed by atoms with Crippen LogP contribution in [0, 0.1) is 11.6 Å². The second kappa shape index (κ2) is 5.50. The quantitative estimate of drug-likeness (QED) is 0.907. The summed E-state index contributed by atoms with van der Waals surface area (Å²) in [6.07, 6.45) is 0. The predicted molar refractivity (Wildman–Crippen MR) is 65.3 cm³/mol. The molecule has 0 spiro atoms. The van der Waals surface area contributed by atoms with Gasteiger partial charge in [-0.3, -0.25) is 0 Å². The maximum absolute atomic E-state index is 13.5. The first-order valence-corrected chi connectivity index (χ1v) is 5.86. The van der Waals surface area contributed by atoms with Gasteiger partial charge in [0.1, 0.15) is 17.4 Å². The Bertz CT molecular complexity index is 542. The molecule has 2 aromatic rings. The van der Waals surface area contributed by atoms with Crippen molar-refractivity contribution in [3.63, 3.8) is 0 Å². The third kappa shape index (κ3) is 3.09. The molecule has 1 unspecified atom stereocenters. The van der Waals surface area contributed by atoms with E-state index in [2.05, 4.69) is 5.32 Å². The molecule has 1 aromatic carbocycles. The van der Waals surface area contributed by atoms with E-state index in [4.69, 9.17) is 16.0 Å². The van der Waals surface area contributed by atoms with Gasteiger partial charge in [0.25, 0.3) is 0 Å². The molecule has 0 aliphatic carbocycles. The normalized spacial score (nSPS) is 12.7. The van der Waals surface area contributed by atoms with Crippen LogP contribution in [0.25, 0.3) is 0 Å². The Morgan fingerprint density at radius 2 is 2.06 bits per heavy atom. The van der Waals surface area contributed by atoms with Crippen molar-refractivity contribution in [1.82, 2.24) is 5.32 Å². The van der Waals surface area contributed by atoms with Gasteiger partial charge in [0.05, 0.1) is 6.54 Å². The van der Waals surface area contributed by atoms with E-state index in [1.165, 1.54) is 12.1 Å². The van der Waals surface area contributed by atoms with E-state index in [1.54, 1.807) is 19.1 Å². The van der Waals surface area contributed by atoms with Gasteiger partial charge in [-0.2, -0.15) is 0 Å². The van der Waals surface area contributed by atoms with Crippen molar-refractivity contribution in [3.05, 3.63) is 58.5 Å². The highest BCUT2D eigenvalue weighted by molar-refractivity contribution is 6.28. The molecule has 0 aliphatic heterocycles. The highest BCUT2D eigenvalue weighted by atomic mass is 35.5. The maximum Gasteiger partial charge on any atom is 0.193 e. The number of halogens is 3. The summed E-state index contributed by atoms with van der Waals surface area (Å²) < 4.78 is 31.4. The minimum atomic E-state index is -0.582. The molecule has 0 amide bonds. The van der Waals surface area contributed by atoms with Crippen molar-refractivity contribution in [2.75, 3.05) is 0 Å². The minimum absolute atomic E-state index is 0.255. The van der Waals surface area contributed by atoms with Crippen LogP contribution < -0.4 is 5.32 Å². The molecule has 0 fully saturated rings. The number of hydrogen-bond acceptors (Lipinski definition) is 2. The second-order valence-corrected chi connectivity index (χ2v) is 4.35. The van der Waals surface area contributed by atoms with Crippen LogP contribution in [-0.4, -0.2) is 0 Å². The second-order valence-electron chi connectivity index (χ2n) is 3.97. The van der Waals surface area contributed by atoms with E-state index in [-0.39, 0.29) is 6.04 Å². The molecule has 0 aliphatic rings. The molecule has 1 atom stereocenters. The van der Waals surface area contributed by atoms with E-state index >= 15 is 0 Å². The lowest BCUT2D eigenvalue weighted by atomic mass is 10.1. The average Bonchev–Trinajstić information content (AvgIpc) is 2.72. The van der Waals surface area contributed by atoms with Gasteiger partial charge in [0, 0.05) is 17.7 Å². The molecule has 18 heavy (non-hydrogen) atoms. The summed E-state index contributed by atoms with van der Waals surface area (Å²) in [6, 6.07) is 6.66. The molecule has 2 rings (SSSR count). The average molecular weight is 272 g/mol. The summed E-state index contributed by atoms with van der Waals surface area (Å²) in [7, 11) is 0. The third-order valence-corrected chi connectivity index (χ3v) is 2.84. The molecular formula is C13H12ClF2NO. The summed E-state index contributed by atoms with van der Waals surface area (Å²) in [5.41, 5.74) is 0.411. The number of benzene rings is 1.